The molecule has 1 amide bonds. The van der Waals surface area contributed by atoms with Crippen molar-refractivity contribution in [3.63, 3.8) is 0 Å². The summed E-state index contributed by atoms with van der Waals surface area (Å²) in [6.07, 6.45) is 1.54. The number of rotatable bonds is 4. The Balaban J connectivity index is 2.44. The Kier molecular flexibility index (Phi) is 4.87. The van der Waals surface area contributed by atoms with Gasteiger partial charge in [0.1, 0.15) is 17.7 Å². The molecule has 0 radical (unpaired) electrons. The zero-order valence-electron chi connectivity index (χ0n) is 11.5. The van der Waals surface area contributed by atoms with Gasteiger partial charge in [0.05, 0.1) is 5.69 Å². The van der Waals surface area contributed by atoms with Crippen LogP contribution in [0, 0.1) is 0 Å². The highest BCUT2D eigenvalue weighted by Crippen LogP contribution is 2.33. The van der Waals surface area contributed by atoms with Gasteiger partial charge in [0.2, 0.25) is 5.28 Å². The first kappa shape index (κ1) is 16.1. The van der Waals surface area contributed by atoms with Crippen LogP contribution in [0.3, 0.4) is 0 Å². The van der Waals surface area contributed by atoms with Crippen molar-refractivity contribution in [1.29, 1.82) is 0 Å². The first-order valence-electron chi connectivity index (χ1n) is 6.26. The van der Waals surface area contributed by atoms with Gasteiger partial charge in [0, 0.05) is 11.8 Å². The van der Waals surface area contributed by atoms with Crippen molar-refractivity contribution in [2.75, 3.05) is 0 Å². The summed E-state index contributed by atoms with van der Waals surface area (Å²) in [5.74, 6) is -1.60. The number of carbonyl (C=O) groups excluding carboxylic acids is 1. The second-order valence-corrected chi connectivity index (χ2v) is 4.71. The minimum atomic E-state index is -1.12. The van der Waals surface area contributed by atoms with E-state index in [0.29, 0.717) is 5.69 Å². The summed E-state index contributed by atoms with van der Waals surface area (Å²) in [5, 5.41) is 2.43. The highest BCUT2D eigenvalue weighted by molar-refractivity contribution is 6.28. The molecule has 1 saturated heterocycles. The Hall–Kier alpha value is -2.28. The van der Waals surface area contributed by atoms with Crippen LogP contribution in [0.25, 0.3) is 0 Å². The molecule has 1 N–H and O–H groups in total. The molecule has 1 aromatic heterocycles. The van der Waals surface area contributed by atoms with Crippen molar-refractivity contribution >= 4 is 17.7 Å². The summed E-state index contributed by atoms with van der Waals surface area (Å²) in [5.41, 5.74) is 0.109. The van der Waals surface area contributed by atoms with Crippen LogP contribution in [-0.4, -0.2) is 22.2 Å². The van der Waals surface area contributed by atoms with Gasteiger partial charge in [-0.3, -0.25) is 0 Å². The second kappa shape index (κ2) is 6.65. The average Bonchev–Trinajstić information content (AvgIpc) is 2.85. The normalized spacial score (nSPS) is 22.3. The molecule has 1 aliphatic heterocycles. The van der Waals surface area contributed by atoms with Gasteiger partial charge in [-0.05, 0) is 30.7 Å². The molecular weight excluding hydrogens is 316 g/mol. The minimum Gasteiger partial charge on any atom is -0.439 e. The molecule has 2 rings (SSSR count). The van der Waals surface area contributed by atoms with E-state index in [2.05, 4.69) is 21.9 Å². The number of hydrogen-bond acceptors (Lipinski definition) is 4. The van der Waals surface area contributed by atoms with Crippen LogP contribution < -0.4 is 5.32 Å². The van der Waals surface area contributed by atoms with Crippen molar-refractivity contribution in [2.24, 2.45) is 0 Å². The highest BCUT2D eigenvalue weighted by Gasteiger charge is 2.40. The predicted molar refractivity (Wildman–Crippen MR) is 76.4 cm³/mol. The lowest BCUT2D eigenvalue weighted by atomic mass is 9.99. The molecule has 1 aliphatic rings. The third-order valence-electron chi connectivity index (χ3n) is 2.97. The second-order valence-electron chi connectivity index (χ2n) is 4.38. The smallest absolute Gasteiger partial charge is 0.408 e. The molecule has 0 spiro atoms. The monoisotopic (exact) mass is 327 g/mol. The van der Waals surface area contributed by atoms with Gasteiger partial charge < -0.3 is 10.1 Å². The molecule has 2 atom stereocenters. The van der Waals surface area contributed by atoms with Crippen molar-refractivity contribution in [1.82, 2.24) is 15.3 Å². The first-order chi connectivity index (χ1) is 10.4. The molecule has 0 aliphatic carbocycles. The molecule has 1 aromatic rings. The van der Waals surface area contributed by atoms with E-state index in [-0.39, 0.29) is 10.9 Å². The van der Waals surface area contributed by atoms with Gasteiger partial charge in [-0.2, -0.15) is 0 Å². The number of halogens is 3. The summed E-state index contributed by atoms with van der Waals surface area (Å²) in [7, 11) is 0. The number of amides is 1. The highest BCUT2D eigenvalue weighted by atomic mass is 35.5. The molecule has 0 aromatic carbocycles. The van der Waals surface area contributed by atoms with Crippen molar-refractivity contribution in [2.45, 2.75) is 19.1 Å². The quantitative estimate of drug-likeness (QED) is 0.678. The number of ether oxygens (including phenoxy) is 1. The van der Waals surface area contributed by atoms with Gasteiger partial charge in [0.25, 0.3) is 0 Å². The lowest BCUT2D eigenvalue weighted by Crippen LogP contribution is -2.25. The number of aromatic nitrogens is 2. The van der Waals surface area contributed by atoms with E-state index in [1.54, 1.807) is 0 Å². The van der Waals surface area contributed by atoms with E-state index in [0.717, 1.165) is 12.2 Å². The van der Waals surface area contributed by atoms with Crippen molar-refractivity contribution in [3.8, 4) is 0 Å². The molecule has 0 bridgehead atoms. The zero-order chi connectivity index (χ0) is 16.3. The number of carbonyl (C=O) groups is 1. The van der Waals surface area contributed by atoms with E-state index in [9.17, 15) is 13.6 Å². The molecule has 5 nitrogen and oxygen atoms in total. The molecule has 1 fully saturated rings. The van der Waals surface area contributed by atoms with E-state index in [1.807, 2.05) is 0 Å². The third-order valence-corrected chi connectivity index (χ3v) is 3.15. The fourth-order valence-electron chi connectivity index (χ4n) is 1.96. The SMILES string of the molecule is C=C(F)C(=CC(F)=CC)C1OC(=O)NC1c1ccnc(Cl)n1. The van der Waals surface area contributed by atoms with Crippen molar-refractivity contribution < 1.29 is 18.3 Å². The Bertz CT molecular complexity index is 676. The standard InChI is InChI=1S/C14H12ClF2N3O2/c1-3-8(17)6-9(7(2)16)12-11(20-14(21)22-12)10-4-5-18-13(15)19-10/h3-6,11-12H,2H2,1H3,(H,20,21). The topological polar surface area (TPSA) is 64.1 Å². The number of nitrogens with one attached hydrogen (secondary N) is 1. The third kappa shape index (κ3) is 3.48. The number of allylic oxidation sites excluding steroid dienone is 3. The maximum Gasteiger partial charge on any atom is 0.408 e. The summed E-state index contributed by atoms with van der Waals surface area (Å²) in [6.45, 7) is 4.60. The van der Waals surface area contributed by atoms with Crippen LogP contribution in [0.1, 0.15) is 18.7 Å². The van der Waals surface area contributed by atoms with Crippen LogP contribution >= 0.6 is 11.6 Å². The maximum absolute atomic E-state index is 13.7. The summed E-state index contributed by atoms with van der Waals surface area (Å²) in [6, 6.07) is 0.653. The van der Waals surface area contributed by atoms with Gasteiger partial charge in [-0.15, -0.1) is 0 Å². The fraction of sp³-hybridized carbons (Fsp3) is 0.214. The van der Waals surface area contributed by atoms with Crippen LogP contribution in [0.2, 0.25) is 5.28 Å². The predicted octanol–water partition coefficient (Wildman–Crippen LogP) is 3.56. The Morgan fingerprint density at radius 3 is 2.86 bits per heavy atom. The van der Waals surface area contributed by atoms with E-state index in [1.165, 1.54) is 19.2 Å². The lowest BCUT2D eigenvalue weighted by molar-refractivity contribution is 0.147. The average molecular weight is 328 g/mol. The van der Waals surface area contributed by atoms with Gasteiger partial charge >= 0.3 is 6.09 Å². The lowest BCUT2D eigenvalue weighted by Gasteiger charge is -2.18. The minimum absolute atomic E-state index is 0.0401. The van der Waals surface area contributed by atoms with Gasteiger partial charge in [-0.1, -0.05) is 12.7 Å². The maximum atomic E-state index is 13.7. The molecule has 116 valence electrons. The molecular formula is C14H12ClF2N3O2. The molecule has 2 heterocycles. The summed E-state index contributed by atoms with van der Waals surface area (Å²) < 4.78 is 32.2. The first-order valence-corrected chi connectivity index (χ1v) is 6.64. The van der Waals surface area contributed by atoms with Crippen LogP contribution in [-0.2, 0) is 4.74 Å². The van der Waals surface area contributed by atoms with Crippen LogP contribution in [0.15, 0.2) is 48.2 Å². The van der Waals surface area contributed by atoms with Crippen molar-refractivity contribution in [3.05, 3.63) is 59.2 Å². The Morgan fingerprint density at radius 1 is 1.55 bits per heavy atom. The molecule has 0 saturated carbocycles. The molecule has 2 unspecified atom stereocenters. The summed E-state index contributed by atoms with van der Waals surface area (Å²) in [4.78, 5) is 19.2. The van der Waals surface area contributed by atoms with E-state index in [4.69, 9.17) is 16.3 Å². The number of hydrogen-bond donors (Lipinski definition) is 1. The zero-order valence-corrected chi connectivity index (χ0v) is 12.3. The number of cyclic esters (lactones) is 1. The van der Waals surface area contributed by atoms with E-state index < -0.39 is 29.9 Å². The van der Waals surface area contributed by atoms with Crippen LogP contribution in [0.5, 0.6) is 0 Å². The Morgan fingerprint density at radius 2 is 2.27 bits per heavy atom. The van der Waals surface area contributed by atoms with Crippen LogP contribution in [0.4, 0.5) is 13.6 Å². The Labute approximate surface area is 130 Å². The van der Waals surface area contributed by atoms with E-state index >= 15 is 0 Å². The molecule has 8 heteroatoms. The van der Waals surface area contributed by atoms with Gasteiger partial charge in [0.15, 0.2) is 6.10 Å². The van der Waals surface area contributed by atoms with Gasteiger partial charge in [-0.25, -0.2) is 23.5 Å². The largest absolute Gasteiger partial charge is 0.439 e. The summed E-state index contributed by atoms with van der Waals surface area (Å²) >= 11 is 5.71. The molecule has 22 heavy (non-hydrogen) atoms. The number of nitrogens with zero attached hydrogens (tertiary/aromatic N) is 2. The fourth-order valence-corrected chi connectivity index (χ4v) is 2.11. The number of alkyl carbamates (subject to hydrolysis) is 1.